The van der Waals surface area contributed by atoms with Crippen LogP contribution in [0.2, 0.25) is 10.2 Å². The fourth-order valence-electron chi connectivity index (χ4n) is 8.01. The first kappa shape index (κ1) is 32.4. The SMILES string of the molecule is [B]C([B])([B])C1(C([B])([B])[B])c2ccccc2-c2cc3c4ccccc4n(-c4nc(-c5ccccc5)nc(-c5ccc(-c6ccccc6)cc5)n4)c3cc21. The van der Waals surface area contributed by atoms with Gasteiger partial charge in [0.15, 0.2) is 11.6 Å². The number of benzene rings is 6. The van der Waals surface area contributed by atoms with Crippen LogP contribution in [0, 0.1) is 0 Å². The van der Waals surface area contributed by atoms with Gasteiger partial charge in [-0.25, -0.2) is 4.98 Å². The van der Waals surface area contributed by atoms with Gasteiger partial charge in [0, 0.05) is 21.9 Å². The van der Waals surface area contributed by atoms with E-state index in [9.17, 15) is 0 Å². The third-order valence-electron chi connectivity index (χ3n) is 10.2. The van der Waals surface area contributed by atoms with Gasteiger partial charge in [-0.2, -0.15) is 9.97 Å². The topological polar surface area (TPSA) is 43.6 Å². The fourth-order valence-corrected chi connectivity index (χ4v) is 8.01. The van der Waals surface area contributed by atoms with Crippen molar-refractivity contribution in [3.8, 4) is 51.0 Å². The normalized spacial score (nSPS) is 13.6. The molecule has 0 saturated heterocycles. The molecule has 230 valence electrons. The molecule has 52 heavy (non-hydrogen) atoms. The molecule has 0 aliphatic heterocycles. The van der Waals surface area contributed by atoms with Crippen LogP contribution in [0.25, 0.3) is 72.8 Å². The highest BCUT2D eigenvalue weighted by Gasteiger charge is 2.55. The van der Waals surface area contributed by atoms with Gasteiger partial charge < -0.3 is 0 Å². The predicted molar refractivity (Wildman–Crippen MR) is 217 cm³/mol. The molecule has 0 amide bonds. The van der Waals surface area contributed by atoms with Gasteiger partial charge in [0.25, 0.3) is 0 Å². The van der Waals surface area contributed by atoms with Gasteiger partial charge in [0.2, 0.25) is 5.95 Å². The number of nitrogens with zero attached hydrogens (tertiary/aromatic N) is 4. The predicted octanol–water partition coefficient (Wildman–Crippen LogP) is 7.39. The van der Waals surface area contributed by atoms with Crippen molar-refractivity contribution in [2.24, 2.45) is 0 Å². The fraction of sp³-hybridized carbons (Fsp3) is 0.0714. The molecule has 0 N–H and O–H groups in total. The van der Waals surface area contributed by atoms with E-state index in [1.807, 2.05) is 114 Å². The number of aromatic nitrogens is 4. The first-order valence-electron chi connectivity index (χ1n) is 16.9. The van der Waals surface area contributed by atoms with Crippen molar-refractivity contribution in [1.82, 2.24) is 19.5 Å². The van der Waals surface area contributed by atoms with Crippen molar-refractivity contribution in [3.05, 3.63) is 157 Å². The molecule has 4 nitrogen and oxygen atoms in total. The van der Waals surface area contributed by atoms with Gasteiger partial charge in [-0.1, -0.05) is 127 Å². The molecule has 0 fully saturated rings. The van der Waals surface area contributed by atoms with E-state index >= 15 is 0 Å². The minimum absolute atomic E-state index is 0.419. The summed E-state index contributed by atoms with van der Waals surface area (Å²) in [5, 5.41) is -1.97. The number of rotatable bonds is 6. The Morgan fingerprint density at radius 2 is 0.942 bits per heavy atom. The Hall–Kier alpha value is -5.48. The Morgan fingerprint density at radius 1 is 0.423 bits per heavy atom. The molecule has 0 atom stereocenters. The number of para-hydroxylation sites is 1. The molecular formula is C42H24B6N4. The Morgan fingerprint density at radius 3 is 1.60 bits per heavy atom. The molecule has 1 aliphatic rings. The van der Waals surface area contributed by atoms with E-state index in [2.05, 4.69) is 36.4 Å². The maximum absolute atomic E-state index is 6.65. The first-order valence-corrected chi connectivity index (χ1v) is 16.9. The summed E-state index contributed by atoms with van der Waals surface area (Å²) in [6, 6.07) is 48.2. The summed E-state index contributed by atoms with van der Waals surface area (Å²) in [5.41, 5.74) is 6.92. The number of hydrogen-bond acceptors (Lipinski definition) is 3. The molecule has 0 bridgehead atoms. The summed E-state index contributed by atoms with van der Waals surface area (Å²) in [5.74, 6) is 1.46. The van der Waals surface area contributed by atoms with Crippen LogP contribution in [0.1, 0.15) is 11.1 Å². The molecule has 0 saturated carbocycles. The quantitative estimate of drug-likeness (QED) is 0.177. The molecule has 10 heteroatoms. The van der Waals surface area contributed by atoms with Gasteiger partial charge in [0.1, 0.15) is 0 Å². The molecule has 0 unspecified atom stereocenters. The zero-order valence-electron chi connectivity index (χ0n) is 28.1. The van der Waals surface area contributed by atoms with Crippen LogP contribution in [0.4, 0.5) is 0 Å². The van der Waals surface area contributed by atoms with Crippen LogP contribution in [0.15, 0.2) is 146 Å². The highest BCUT2D eigenvalue weighted by atomic mass is 15.2. The zero-order chi connectivity index (χ0) is 35.8. The van der Waals surface area contributed by atoms with Crippen molar-refractivity contribution in [3.63, 3.8) is 0 Å². The Labute approximate surface area is 310 Å². The maximum Gasteiger partial charge on any atom is 0.238 e. The average molecular weight is 650 g/mol. The van der Waals surface area contributed by atoms with Crippen molar-refractivity contribution in [2.45, 2.75) is 15.6 Å². The molecule has 1 aliphatic carbocycles. The van der Waals surface area contributed by atoms with E-state index in [-0.39, 0.29) is 0 Å². The molecule has 9 rings (SSSR count). The number of hydrogen-bond donors (Lipinski definition) is 0. The van der Waals surface area contributed by atoms with Gasteiger partial charge >= 0.3 is 0 Å². The van der Waals surface area contributed by atoms with Crippen LogP contribution in [0.5, 0.6) is 0 Å². The Bertz CT molecular complexity index is 2630. The van der Waals surface area contributed by atoms with Gasteiger partial charge in [-0.15, -0.1) is 10.2 Å². The van der Waals surface area contributed by atoms with E-state index < -0.39 is 15.6 Å². The molecule has 8 aromatic rings. The van der Waals surface area contributed by atoms with E-state index in [0.717, 1.165) is 55.2 Å². The van der Waals surface area contributed by atoms with Crippen molar-refractivity contribution in [1.29, 1.82) is 0 Å². The van der Waals surface area contributed by atoms with E-state index in [1.54, 1.807) is 0 Å². The molecule has 0 spiro atoms. The molecular weight excluding hydrogens is 625 g/mol. The lowest BCUT2D eigenvalue weighted by Crippen LogP contribution is -2.52. The lowest BCUT2D eigenvalue weighted by atomic mass is 9.18. The van der Waals surface area contributed by atoms with Crippen LogP contribution < -0.4 is 0 Å². The number of fused-ring (bicyclic) bond motifs is 6. The van der Waals surface area contributed by atoms with E-state index in [1.165, 1.54) is 0 Å². The maximum atomic E-state index is 6.65. The largest absolute Gasteiger partial charge is 0.278 e. The lowest BCUT2D eigenvalue weighted by Gasteiger charge is -2.56. The second kappa shape index (κ2) is 11.8. The molecule has 6 aromatic carbocycles. The highest BCUT2D eigenvalue weighted by molar-refractivity contribution is 6.66. The molecule has 2 heterocycles. The average Bonchev–Trinajstić information content (AvgIpc) is 3.65. The summed E-state index contributed by atoms with van der Waals surface area (Å²) in [7, 11) is 39.9. The van der Waals surface area contributed by atoms with Crippen LogP contribution in [0.3, 0.4) is 0 Å². The van der Waals surface area contributed by atoms with E-state index in [0.29, 0.717) is 28.7 Å². The minimum atomic E-state index is -1.95. The van der Waals surface area contributed by atoms with Crippen molar-refractivity contribution >= 4 is 68.9 Å². The van der Waals surface area contributed by atoms with Crippen LogP contribution >= 0.6 is 0 Å². The minimum Gasteiger partial charge on any atom is -0.278 e. The molecule has 12 radical (unpaired) electrons. The zero-order valence-corrected chi connectivity index (χ0v) is 28.1. The summed E-state index contributed by atoms with van der Waals surface area (Å²) in [4.78, 5) is 15.2. The van der Waals surface area contributed by atoms with Gasteiger partial charge in [0.05, 0.1) is 58.1 Å². The third kappa shape index (κ3) is 4.80. The lowest BCUT2D eigenvalue weighted by molar-refractivity contribution is 0.533. The summed E-state index contributed by atoms with van der Waals surface area (Å²) in [6.07, 6.45) is 0. The van der Waals surface area contributed by atoms with Crippen molar-refractivity contribution in [2.75, 3.05) is 0 Å². The van der Waals surface area contributed by atoms with E-state index in [4.69, 9.17) is 62.0 Å². The second-order valence-corrected chi connectivity index (χ2v) is 13.5. The standard InChI is InChI=1S/C42H24B6N4/c43-41(44,45)40(42(46,47)48)33-17-9-7-15-29(33)31-23-32-30-16-8-10-18-35(30)52(36(32)24-34(31)40)39-50-37(27-13-5-2-6-14-27)49-38(51-39)28-21-19-26(20-22-28)25-11-3-1-4-12-25/h1-24H. The highest BCUT2D eigenvalue weighted by Crippen LogP contribution is 2.65. The third-order valence-corrected chi connectivity index (χ3v) is 10.2. The second-order valence-electron chi connectivity index (χ2n) is 13.5. The Balaban J connectivity index is 1.34. The first-order chi connectivity index (χ1) is 25.1. The summed E-state index contributed by atoms with van der Waals surface area (Å²) in [6.45, 7) is 0. The smallest absolute Gasteiger partial charge is 0.238 e. The Kier molecular flexibility index (Phi) is 7.35. The van der Waals surface area contributed by atoms with Gasteiger partial charge in [-0.05, 0) is 57.0 Å². The van der Waals surface area contributed by atoms with Crippen molar-refractivity contribution < 1.29 is 0 Å². The molecule has 2 aromatic heterocycles. The summed E-state index contributed by atoms with van der Waals surface area (Å²) < 4.78 is 2.02. The van der Waals surface area contributed by atoms with Gasteiger partial charge in [-0.3, -0.25) is 4.57 Å². The monoisotopic (exact) mass is 650 g/mol. The van der Waals surface area contributed by atoms with Crippen LogP contribution in [-0.2, 0) is 5.41 Å². The van der Waals surface area contributed by atoms with Crippen LogP contribution in [-0.4, -0.2) is 66.6 Å². The summed E-state index contributed by atoms with van der Waals surface area (Å²) >= 11 is 0.